The topological polar surface area (TPSA) is 71.2 Å². The molecule has 1 unspecified atom stereocenters. The Balaban J connectivity index is 1.47. The summed E-state index contributed by atoms with van der Waals surface area (Å²) in [7, 11) is 0. The molecule has 0 spiro atoms. The van der Waals surface area contributed by atoms with Crippen LogP contribution in [0.2, 0.25) is 0 Å². The van der Waals surface area contributed by atoms with E-state index in [1.165, 1.54) is 5.56 Å². The Morgan fingerprint density at radius 3 is 2.62 bits per heavy atom. The number of benzene rings is 2. The number of amides is 1. The van der Waals surface area contributed by atoms with Crippen LogP contribution in [0.15, 0.2) is 48.5 Å². The normalized spacial score (nSPS) is 18.4. The maximum atomic E-state index is 14.8. The van der Waals surface area contributed by atoms with Crippen molar-refractivity contribution in [3.8, 4) is 22.3 Å². The molecular weight excluding hydrogens is 403 g/mol. The lowest BCUT2D eigenvalue weighted by Crippen LogP contribution is -2.31. The number of nitrogens with one attached hydrogen (secondary N) is 1. The number of hydrogen-bond acceptors (Lipinski definition) is 4. The Kier molecular flexibility index (Phi) is 5.39. The number of nitrogen functional groups attached to an aromatic ring is 1. The number of carbonyl (C=O) groups is 1. The third kappa shape index (κ3) is 3.75. The first-order valence-corrected chi connectivity index (χ1v) is 11.2. The van der Waals surface area contributed by atoms with E-state index < -0.39 is 5.95 Å². The molecule has 0 radical (unpaired) electrons. The molecule has 1 saturated heterocycles. The van der Waals surface area contributed by atoms with Crippen LogP contribution in [0.5, 0.6) is 0 Å². The smallest absolute Gasteiger partial charge is 0.251 e. The lowest BCUT2D eigenvalue weighted by atomic mass is 9.93. The monoisotopic (exact) mass is 430 g/mol. The zero-order valence-corrected chi connectivity index (χ0v) is 18.2. The molecule has 32 heavy (non-hydrogen) atoms. The average molecular weight is 431 g/mol. The average Bonchev–Trinajstić information content (AvgIpc) is 3.29. The van der Waals surface area contributed by atoms with Crippen molar-refractivity contribution in [3.63, 3.8) is 0 Å². The number of rotatable bonds is 4. The summed E-state index contributed by atoms with van der Waals surface area (Å²) in [6.45, 7) is 6.09. The zero-order valence-electron chi connectivity index (χ0n) is 18.2. The predicted molar refractivity (Wildman–Crippen MR) is 125 cm³/mol. The van der Waals surface area contributed by atoms with Gasteiger partial charge in [-0.2, -0.15) is 4.39 Å². The summed E-state index contributed by atoms with van der Waals surface area (Å²) in [6, 6.07) is 15.5. The molecule has 3 heterocycles. The minimum atomic E-state index is -0.575. The van der Waals surface area contributed by atoms with Gasteiger partial charge >= 0.3 is 0 Å². The van der Waals surface area contributed by atoms with Crippen molar-refractivity contribution in [2.24, 2.45) is 0 Å². The van der Waals surface area contributed by atoms with E-state index in [2.05, 4.69) is 34.3 Å². The van der Waals surface area contributed by atoms with E-state index in [0.29, 0.717) is 29.2 Å². The number of carbonyl (C=O) groups excluding carboxylic acids is 1. The molecule has 1 aromatic heterocycles. The van der Waals surface area contributed by atoms with E-state index in [1.54, 1.807) is 12.1 Å². The summed E-state index contributed by atoms with van der Waals surface area (Å²) in [5, 5.41) is 2.85. The lowest BCUT2D eigenvalue weighted by molar-refractivity contribution is 0.0946. The Bertz CT molecular complexity index is 1180. The highest BCUT2D eigenvalue weighted by molar-refractivity contribution is 5.97. The highest BCUT2D eigenvalue weighted by Gasteiger charge is 2.23. The summed E-state index contributed by atoms with van der Waals surface area (Å²) < 4.78 is 14.8. The number of pyridine rings is 1. The van der Waals surface area contributed by atoms with Gasteiger partial charge in [0.2, 0.25) is 5.95 Å². The van der Waals surface area contributed by atoms with E-state index in [0.717, 1.165) is 49.2 Å². The van der Waals surface area contributed by atoms with Gasteiger partial charge in [-0.05, 0) is 66.2 Å². The summed E-state index contributed by atoms with van der Waals surface area (Å²) in [5.41, 5.74) is 11.8. The molecule has 0 bridgehead atoms. The van der Waals surface area contributed by atoms with Gasteiger partial charge in [0.15, 0.2) is 0 Å². The van der Waals surface area contributed by atoms with Crippen LogP contribution in [0.25, 0.3) is 22.3 Å². The van der Waals surface area contributed by atoms with E-state index in [4.69, 9.17) is 5.73 Å². The van der Waals surface area contributed by atoms with Gasteiger partial charge in [-0.1, -0.05) is 43.3 Å². The number of hydrogen-bond donors (Lipinski definition) is 2. The molecular formula is C26H27FN4O. The molecule has 5 rings (SSSR count). The molecule has 1 fully saturated rings. The Labute approximate surface area is 187 Å². The number of halogens is 1. The molecule has 3 aromatic rings. The van der Waals surface area contributed by atoms with Gasteiger partial charge < -0.3 is 16.0 Å². The van der Waals surface area contributed by atoms with Crippen molar-refractivity contribution in [1.29, 1.82) is 0 Å². The first kappa shape index (κ1) is 20.6. The molecule has 1 atom stereocenters. The molecule has 0 aliphatic carbocycles. The molecule has 1 amide bonds. The molecule has 2 aliphatic rings. The van der Waals surface area contributed by atoms with Crippen molar-refractivity contribution in [3.05, 3.63) is 71.2 Å². The fraction of sp³-hybridized carbons (Fsp3) is 0.308. The minimum absolute atomic E-state index is 0.0619. The van der Waals surface area contributed by atoms with Crippen LogP contribution in [0.4, 0.5) is 10.2 Å². The van der Waals surface area contributed by atoms with Crippen LogP contribution in [-0.4, -0.2) is 42.0 Å². The van der Waals surface area contributed by atoms with Crippen molar-refractivity contribution >= 4 is 11.7 Å². The van der Waals surface area contributed by atoms with Gasteiger partial charge in [0, 0.05) is 29.8 Å². The minimum Gasteiger partial charge on any atom is -0.383 e. The molecule has 164 valence electrons. The Morgan fingerprint density at radius 2 is 1.88 bits per heavy atom. The Hall–Kier alpha value is -3.25. The van der Waals surface area contributed by atoms with Crippen LogP contribution in [0.1, 0.15) is 40.7 Å². The first-order chi connectivity index (χ1) is 15.5. The second-order valence-corrected chi connectivity index (χ2v) is 8.64. The number of fused-ring (bicyclic) bond motifs is 1. The van der Waals surface area contributed by atoms with Crippen LogP contribution in [0.3, 0.4) is 0 Å². The summed E-state index contributed by atoms with van der Waals surface area (Å²) in [4.78, 5) is 18.5. The number of nitrogens with zero attached hydrogens (tertiary/aromatic N) is 2. The molecule has 3 N–H and O–H groups in total. The summed E-state index contributed by atoms with van der Waals surface area (Å²) >= 11 is 0. The second kappa shape index (κ2) is 8.36. The van der Waals surface area contributed by atoms with Gasteiger partial charge in [0.25, 0.3) is 5.91 Å². The van der Waals surface area contributed by atoms with Gasteiger partial charge in [-0.3, -0.25) is 4.79 Å². The maximum Gasteiger partial charge on any atom is 0.251 e. The lowest BCUT2D eigenvalue weighted by Gasteiger charge is -2.18. The van der Waals surface area contributed by atoms with Gasteiger partial charge in [0.05, 0.1) is 0 Å². The zero-order chi connectivity index (χ0) is 22.2. The highest BCUT2D eigenvalue weighted by Crippen LogP contribution is 2.34. The molecule has 2 aliphatic heterocycles. The third-order valence-electron chi connectivity index (χ3n) is 6.76. The summed E-state index contributed by atoms with van der Waals surface area (Å²) in [6.07, 6.45) is 1.92. The van der Waals surface area contributed by atoms with Gasteiger partial charge in [0.1, 0.15) is 5.82 Å². The van der Waals surface area contributed by atoms with Crippen LogP contribution >= 0.6 is 0 Å². The number of likely N-dealkylation sites (N-methyl/N-ethyl adjacent to an activating group) is 1. The van der Waals surface area contributed by atoms with Crippen molar-refractivity contribution in [1.82, 2.24) is 15.2 Å². The number of aromatic nitrogens is 1. The van der Waals surface area contributed by atoms with E-state index >= 15 is 0 Å². The standard InChI is InChI=1S/C26H27FN4O/c1-2-31-12-10-20(15-31)16-3-5-17(6-4-16)22-14-23(25(28)30-24(22)27)18-7-8-21-19(13-18)9-11-29-26(21)32/h3-8,13-14,20H,2,9-12,15H2,1H3,(H2,28,30)(H,29,32). The van der Waals surface area contributed by atoms with Crippen molar-refractivity contribution in [2.75, 3.05) is 31.9 Å². The summed E-state index contributed by atoms with van der Waals surface area (Å²) in [5.74, 6) is 0.0396. The maximum absolute atomic E-state index is 14.8. The Morgan fingerprint density at radius 1 is 1.09 bits per heavy atom. The largest absolute Gasteiger partial charge is 0.383 e. The number of nitrogens with two attached hydrogens (primary N) is 1. The van der Waals surface area contributed by atoms with Crippen LogP contribution < -0.4 is 11.1 Å². The SMILES string of the molecule is CCN1CCC(c2ccc(-c3cc(-c4ccc5c(c4)CCNC5=O)c(N)nc3F)cc2)C1. The van der Waals surface area contributed by atoms with Crippen molar-refractivity contribution < 1.29 is 9.18 Å². The predicted octanol–water partition coefficient (Wildman–Crippen LogP) is 4.23. The second-order valence-electron chi connectivity index (χ2n) is 8.64. The molecule has 5 nitrogen and oxygen atoms in total. The third-order valence-corrected chi connectivity index (χ3v) is 6.76. The van der Waals surface area contributed by atoms with Crippen LogP contribution in [0, 0.1) is 5.95 Å². The number of anilines is 1. The van der Waals surface area contributed by atoms with E-state index in [9.17, 15) is 9.18 Å². The quantitative estimate of drug-likeness (QED) is 0.608. The molecule has 2 aromatic carbocycles. The fourth-order valence-corrected chi connectivity index (χ4v) is 4.86. The fourth-order valence-electron chi connectivity index (χ4n) is 4.86. The first-order valence-electron chi connectivity index (χ1n) is 11.2. The number of likely N-dealkylation sites (tertiary alicyclic amines) is 1. The molecule has 6 heteroatoms. The van der Waals surface area contributed by atoms with Crippen molar-refractivity contribution in [2.45, 2.75) is 25.7 Å². The van der Waals surface area contributed by atoms with E-state index in [1.807, 2.05) is 24.3 Å². The highest BCUT2D eigenvalue weighted by atomic mass is 19.1. The van der Waals surface area contributed by atoms with Crippen LogP contribution in [-0.2, 0) is 6.42 Å². The van der Waals surface area contributed by atoms with Gasteiger partial charge in [-0.25, -0.2) is 4.98 Å². The molecule has 0 saturated carbocycles. The van der Waals surface area contributed by atoms with E-state index in [-0.39, 0.29) is 11.7 Å². The van der Waals surface area contributed by atoms with Gasteiger partial charge in [-0.15, -0.1) is 0 Å².